The Kier molecular flexibility index (Phi) is 2.51. The van der Waals surface area contributed by atoms with Crippen LogP contribution >= 0.6 is 0 Å². The van der Waals surface area contributed by atoms with Crippen molar-refractivity contribution in [3.8, 4) is 16.9 Å². The number of rotatable bonds is 2. The molecule has 3 aromatic heterocycles. The largest absolute Gasteiger partial charge is 0.492 e. The smallest absolute Gasteiger partial charge is 0.230 e. The number of nitrogens with two attached hydrogens (primary N) is 1. The van der Waals surface area contributed by atoms with Crippen LogP contribution in [0.2, 0.25) is 0 Å². The molecule has 0 saturated carbocycles. The third-order valence-electron chi connectivity index (χ3n) is 3.73. The molecule has 112 valence electrons. The summed E-state index contributed by atoms with van der Waals surface area (Å²) in [5.74, 6) is 2.43. The summed E-state index contributed by atoms with van der Waals surface area (Å²) < 4.78 is 22.3. The van der Waals surface area contributed by atoms with E-state index in [-0.39, 0.29) is 5.88 Å². The first-order valence-corrected chi connectivity index (χ1v) is 6.81. The molecule has 3 heterocycles. The predicted octanol–water partition coefficient (Wildman–Crippen LogP) is 4.04. The number of nitrogen functional groups attached to an aromatic ring is 1. The number of anilines is 1. The van der Waals surface area contributed by atoms with Gasteiger partial charge < -0.3 is 23.8 Å². The lowest BCUT2D eigenvalue weighted by atomic mass is 10.0. The van der Waals surface area contributed by atoms with E-state index in [1.54, 1.807) is 13.3 Å². The van der Waals surface area contributed by atoms with Crippen molar-refractivity contribution in [2.45, 2.75) is 13.8 Å². The van der Waals surface area contributed by atoms with E-state index in [1.165, 1.54) is 0 Å². The number of hydrogen-bond donors (Lipinski definition) is 1. The van der Waals surface area contributed by atoms with Crippen molar-refractivity contribution in [1.29, 1.82) is 0 Å². The normalized spacial score (nSPS) is 11.6. The molecule has 0 aliphatic carbocycles. The average Bonchev–Trinajstić information content (AvgIpc) is 3.14. The van der Waals surface area contributed by atoms with Crippen molar-refractivity contribution in [3.63, 3.8) is 0 Å². The van der Waals surface area contributed by atoms with E-state index in [9.17, 15) is 0 Å². The number of aryl methyl sites for hydroxylation is 2. The lowest BCUT2D eigenvalue weighted by Crippen LogP contribution is -1.89. The van der Waals surface area contributed by atoms with Crippen molar-refractivity contribution in [1.82, 2.24) is 5.16 Å². The zero-order valence-corrected chi connectivity index (χ0v) is 12.4. The van der Waals surface area contributed by atoms with Gasteiger partial charge in [0, 0.05) is 10.9 Å². The molecule has 0 radical (unpaired) electrons. The molecule has 4 rings (SSSR count). The fourth-order valence-corrected chi connectivity index (χ4v) is 2.89. The molecule has 4 aromatic rings. The summed E-state index contributed by atoms with van der Waals surface area (Å²) in [6.45, 7) is 3.76. The third-order valence-corrected chi connectivity index (χ3v) is 3.73. The first-order chi connectivity index (χ1) is 10.6. The minimum atomic E-state index is 0.237. The lowest BCUT2D eigenvalue weighted by Gasteiger charge is -2.07. The van der Waals surface area contributed by atoms with Crippen LogP contribution in [0.25, 0.3) is 33.1 Å². The highest BCUT2D eigenvalue weighted by Gasteiger charge is 2.24. The average molecular weight is 298 g/mol. The van der Waals surface area contributed by atoms with E-state index in [4.69, 9.17) is 23.8 Å². The predicted molar refractivity (Wildman–Crippen MR) is 81.9 cm³/mol. The Labute approximate surface area is 125 Å². The van der Waals surface area contributed by atoms with Gasteiger partial charge in [-0.25, -0.2) is 0 Å². The summed E-state index contributed by atoms with van der Waals surface area (Å²) in [5.41, 5.74) is 8.72. The van der Waals surface area contributed by atoms with Gasteiger partial charge in [-0.3, -0.25) is 0 Å². The van der Waals surface area contributed by atoms with Crippen LogP contribution in [0.4, 0.5) is 5.88 Å². The minimum Gasteiger partial charge on any atom is -0.492 e. The second-order valence-corrected chi connectivity index (χ2v) is 5.21. The first kappa shape index (κ1) is 12.8. The van der Waals surface area contributed by atoms with Gasteiger partial charge in [-0.05, 0) is 26.0 Å². The van der Waals surface area contributed by atoms with Crippen LogP contribution < -0.4 is 10.5 Å². The fourth-order valence-electron chi connectivity index (χ4n) is 2.89. The maximum Gasteiger partial charge on any atom is 0.230 e. The number of benzene rings is 1. The molecule has 0 aliphatic heterocycles. The summed E-state index contributed by atoms with van der Waals surface area (Å²) in [6.07, 6.45) is 1.58. The van der Waals surface area contributed by atoms with Crippen molar-refractivity contribution >= 4 is 27.8 Å². The van der Waals surface area contributed by atoms with Gasteiger partial charge in [0.2, 0.25) is 5.88 Å². The standard InChI is InChI=1S/C16H14N2O4/c1-7-4-9-12(11-6-18-22-16(11)17)13-10(5-8(2)20-13)14(19-3)15(9)21-7/h4-6H,17H2,1-3H3. The van der Waals surface area contributed by atoms with E-state index in [2.05, 4.69) is 5.16 Å². The van der Waals surface area contributed by atoms with Crippen molar-refractivity contribution in [2.24, 2.45) is 0 Å². The number of aromatic nitrogens is 1. The van der Waals surface area contributed by atoms with Gasteiger partial charge in [0.05, 0.1) is 24.3 Å². The summed E-state index contributed by atoms with van der Waals surface area (Å²) in [4.78, 5) is 0. The molecule has 0 spiro atoms. The number of methoxy groups -OCH3 is 1. The Morgan fingerprint density at radius 2 is 1.73 bits per heavy atom. The van der Waals surface area contributed by atoms with Gasteiger partial charge in [0.15, 0.2) is 11.3 Å². The van der Waals surface area contributed by atoms with E-state index in [1.807, 2.05) is 26.0 Å². The summed E-state index contributed by atoms with van der Waals surface area (Å²) >= 11 is 0. The summed E-state index contributed by atoms with van der Waals surface area (Å²) in [7, 11) is 1.61. The Balaban J connectivity index is 2.28. The molecular formula is C16H14N2O4. The Morgan fingerprint density at radius 1 is 1.05 bits per heavy atom. The monoisotopic (exact) mass is 298 g/mol. The molecule has 2 N–H and O–H groups in total. The van der Waals surface area contributed by atoms with Crippen LogP contribution in [0.5, 0.6) is 5.75 Å². The van der Waals surface area contributed by atoms with Gasteiger partial charge in [-0.1, -0.05) is 5.16 Å². The molecule has 0 unspecified atom stereocenters. The number of fused-ring (bicyclic) bond motifs is 2. The van der Waals surface area contributed by atoms with Crippen LogP contribution in [0.1, 0.15) is 11.5 Å². The van der Waals surface area contributed by atoms with Crippen molar-refractivity contribution in [3.05, 3.63) is 29.9 Å². The van der Waals surface area contributed by atoms with E-state index in [0.29, 0.717) is 22.5 Å². The Bertz CT molecular complexity index is 949. The quantitative estimate of drug-likeness (QED) is 0.601. The number of hydrogen-bond acceptors (Lipinski definition) is 6. The van der Waals surface area contributed by atoms with E-state index < -0.39 is 0 Å². The maximum atomic E-state index is 5.91. The molecule has 0 saturated heterocycles. The highest BCUT2D eigenvalue weighted by atomic mass is 16.5. The molecule has 6 heteroatoms. The topological polar surface area (TPSA) is 87.6 Å². The molecule has 1 aromatic carbocycles. The van der Waals surface area contributed by atoms with Gasteiger partial charge in [0.1, 0.15) is 17.1 Å². The molecule has 0 bridgehead atoms. The van der Waals surface area contributed by atoms with Crippen LogP contribution in [0, 0.1) is 13.8 Å². The molecule has 0 amide bonds. The maximum absolute atomic E-state index is 5.91. The van der Waals surface area contributed by atoms with Gasteiger partial charge in [0.25, 0.3) is 0 Å². The van der Waals surface area contributed by atoms with Gasteiger partial charge in [-0.2, -0.15) is 0 Å². The van der Waals surface area contributed by atoms with Crippen LogP contribution in [0.3, 0.4) is 0 Å². The molecular weight excluding hydrogens is 284 g/mol. The SMILES string of the molecule is COc1c2cc(C)oc2c(-c2cnoc2N)c2cc(C)oc12. The van der Waals surface area contributed by atoms with Gasteiger partial charge >= 0.3 is 0 Å². The van der Waals surface area contributed by atoms with Crippen molar-refractivity contribution < 1.29 is 18.1 Å². The number of nitrogens with zero attached hydrogens (tertiary/aromatic N) is 1. The highest BCUT2D eigenvalue weighted by Crippen LogP contribution is 2.46. The second-order valence-electron chi connectivity index (χ2n) is 5.21. The third kappa shape index (κ3) is 1.57. The summed E-state index contributed by atoms with van der Waals surface area (Å²) in [6, 6.07) is 3.84. The van der Waals surface area contributed by atoms with Crippen molar-refractivity contribution in [2.75, 3.05) is 12.8 Å². The van der Waals surface area contributed by atoms with Crippen LogP contribution in [-0.2, 0) is 0 Å². The number of furan rings is 2. The van der Waals surface area contributed by atoms with E-state index >= 15 is 0 Å². The van der Waals surface area contributed by atoms with Gasteiger partial charge in [-0.15, -0.1) is 0 Å². The molecule has 0 fully saturated rings. The Morgan fingerprint density at radius 3 is 2.36 bits per heavy atom. The molecule has 6 nitrogen and oxygen atoms in total. The molecule has 22 heavy (non-hydrogen) atoms. The highest BCUT2D eigenvalue weighted by molar-refractivity contribution is 6.14. The fraction of sp³-hybridized carbons (Fsp3) is 0.188. The lowest BCUT2D eigenvalue weighted by molar-refractivity contribution is 0.413. The molecule has 0 atom stereocenters. The van der Waals surface area contributed by atoms with Crippen LogP contribution in [0.15, 0.2) is 31.7 Å². The van der Waals surface area contributed by atoms with E-state index in [0.717, 1.165) is 27.9 Å². The summed E-state index contributed by atoms with van der Waals surface area (Å²) in [5, 5.41) is 5.45. The zero-order chi connectivity index (χ0) is 15.4. The zero-order valence-electron chi connectivity index (χ0n) is 12.4. The molecule has 0 aliphatic rings. The minimum absolute atomic E-state index is 0.237. The first-order valence-electron chi connectivity index (χ1n) is 6.81. The second kappa shape index (κ2) is 4.30. The Hall–Kier alpha value is -2.89. The number of ether oxygens (including phenoxy) is 1. The van der Waals surface area contributed by atoms with Crippen LogP contribution in [-0.4, -0.2) is 12.3 Å².